The van der Waals surface area contributed by atoms with Gasteiger partial charge < -0.3 is 24.3 Å². The number of fused-ring (bicyclic) bond motifs is 1. The van der Waals surface area contributed by atoms with E-state index in [1.807, 2.05) is 54.1 Å². The first-order chi connectivity index (χ1) is 15.6. The highest BCUT2D eigenvalue weighted by molar-refractivity contribution is 5.97. The smallest absolute Gasteiger partial charge is 0.337 e. The summed E-state index contributed by atoms with van der Waals surface area (Å²) in [7, 11) is 4.70. The van der Waals surface area contributed by atoms with Crippen LogP contribution in [0.4, 0.5) is 5.82 Å². The minimum atomic E-state index is -0.401. The van der Waals surface area contributed by atoms with Crippen molar-refractivity contribution in [2.45, 2.75) is 12.8 Å². The SMILES string of the molecule is COc1cc([C@H]2C3=C(COC3=O)Nc3c2c(C)nn3-c2ccccc2)cc(OC)c1OC. The van der Waals surface area contributed by atoms with Crippen LogP contribution in [0.25, 0.3) is 5.69 Å². The van der Waals surface area contributed by atoms with Gasteiger partial charge in [0.25, 0.3) is 0 Å². The summed E-state index contributed by atoms with van der Waals surface area (Å²) in [6.45, 7) is 2.13. The second-order valence-electron chi connectivity index (χ2n) is 7.58. The molecule has 1 N–H and O–H groups in total. The van der Waals surface area contributed by atoms with Gasteiger partial charge in [0.2, 0.25) is 5.75 Å². The second-order valence-corrected chi connectivity index (χ2v) is 7.58. The van der Waals surface area contributed by atoms with Gasteiger partial charge in [0, 0.05) is 11.5 Å². The lowest BCUT2D eigenvalue weighted by Gasteiger charge is -2.26. The monoisotopic (exact) mass is 433 g/mol. The molecule has 164 valence electrons. The molecule has 0 saturated carbocycles. The molecule has 0 spiro atoms. The Morgan fingerprint density at radius 3 is 2.38 bits per heavy atom. The van der Waals surface area contributed by atoms with Crippen molar-refractivity contribution >= 4 is 11.8 Å². The molecule has 2 aromatic carbocycles. The third kappa shape index (κ3) is 2.90. The Morgan fingerprint density at radius 1 is 1.06 bits per heavy atom. The van der Waals surface area contributed by atoms with E-state index in [2.05, 4.69) is 5.32 Å². The number of anilines is 1. The minimum Gasteiger partial charge on any atom is -0.493 e. The summed E-state index contributed by atoms with van der Waals surface area (Å²) in [5.74, 6) is 1.59. The number of carbonyl (C=O) groups excluding carboxylic acids is 1. The first-order valence-corrected chi connectivity index (χ1v) is 10.2. The molecule has 2 aliphatic heterocycles. The van der Waals surface area contributed by atoms with E-state index in [9.17, 15) is 4.79 Å². The van der Waals surface area contributed by atoms with Crippen LogP contribution in [-0.4, -0.2) is 43.7 Å². The fourth-order valence-electron chi connectivity index (χ4n) is 4.46. The Bertz CT molecular complexity index is 1220. The van der Waals surface area contributed by atoms with Gasteiger partial charge in [0.05, 0.1) is 44.0 Å². The predicted molar refractivity (Wildman–Crippen MR) is 118 cm³/mol. The van der Waals surface area contributed by atoms with Gasteiger partial charge >= 0.3 is 5.97 Å². The minimum absolute atomic E-state index is 0.188. The van der Waals surface area contributed by atoms with Crippen LogP contribution in [0, 0.1) is 6.92 Å². The van der Waals surface area contributed by atoms with Gasteiger partial charge in [-0.15, -0.1) is 0 Å². The van der Waals surface area contributed by atoms with Crippen molar-refractivity contribution in [1.82, 2.24) is 9.78 Å². The molecule has 0 saturated heterocycles. The number of esters is 1. The third-order valence-electron chi connectivity index (χ3n) is 5.87. The molecule has 0 bridgehead atoms. The highest BCUT2D eigenvalue weighted by atomic mass is 16.5. The zero-order chi connectivity index (χ0) is 22.4. The molecule has 2 aliphatic rings. The number of hydrogen-bond donors (Lipinski definition) is 1. The van der Waals surface area contributed by atoms with Crippen LogP contribution in [-0.2, 0) is 9.53 Å². The van der Waals surface area contributed by atoms with Crippen LogP contribution in [0.5, 0.6) is 17.2 Å². The number of carbonyl (C=O) groups is 1. The molecular formula is C24H23N3O5. The molecule has 5 rings (SSSR count). The first kappa shape index (κ1) is 20.0. The quantitative estimate of drug-likeness (QED) is 0.616. The van der Waals surface area contributed by atoms with Crippen LogP contribution in [0.1, 0.15) is 22.7 Å². The van der Waals surface area contributed by atoms with Crippen LogP contribution < -0.4 is 19.5 Å². The molecule has 0 unspecified atom stereocenters. The number of hydrogen-bond acceptors (Lipinski definition) is 7. The van der Waals surface area contributed by atoms with Gasteiger partial charge in [0.15, 0.2) is 11.5 Å². The van der Waals surface area contributed by atoms with Gasteiger partial charge in [0.1, 0.15) is 12.4 Å². The molecule has 8 nitrogen and oxygen atoms in total. The maximum absolute atomic E-state index is 12.8. The number of nitrogens with one attached hydrogen (secondary N) is 1. The van der Waals surface area contributed by atoms with E-state index in [4.69, 9.17) is 24.0 Å². The molecule has 0 radical (unpaired) electrons. The molecule has 0 amide bonds. The fourth-order valence-corrected chi connectivity index (χ4v) is 4.46. The number of cyclic esters (lactones) is 1. The van der Waals surface area contributed by atoms with E-state index >= 15 is 0 Å². The van der Waals surface area contributed by atoms with Crippen LogP contribution in [0.2, 0.25) is 0 Å². The molecular weight excluding hydrogens is 410 g/mol. The van der Waals surface area contributed by atoms with Crippen molar-refractivity contribution in [3.05, 3.63) is 70.6 Å². The van der Waals surface area contributed by atoms with E-state index in [-0.39, 0.29) is 12.6 Å². The van der Waals surface area contributed by atoms with Crippen LogP contribution in [0.3, 0.4) is 0 Å². The molecule has 3 heterocycles. The summed E-state index contributed by atoms with van der Waals surface area (Å²) < 4.78 is 23.9. The Labute approximate surface area is 185 Å². The zero-order valence-electron chi connectivity index (χ0n) is 18.3. The molecule has 1 atom stereocenters. The largest absolute Gasteiger partial charge is 0.493 e. The molecule has 32 heavy (non-hydrogen) atoms. The number of aromatic nitrogens is 2. The summed E-state index contributed by atoms with van der Waals surface area (Å²) in [5, 5.41) is 8.20. The Kier molecular flexibility index (Phi) is 4.77. The number of rotatable bonds is 5. The summed E-state index contributed by atoms with van der Waals surface area (Å²) in [6.07, 6.45) is 0. The average molecular weight is 433 g/mol. The Balaban J connectivity index is 1.76. The highest BCUT2D eigenvalue weighted by Gasteiger charge is 2.42. The summed E-state index contributed by atoms with van der Waals surface area (Å²) in [5.41, 5.74) is 4.76. The molecule has 8 heteroatoms. The number of aryl methyl sites for hydroxylation is 1. The Morgan fingerprint density at radius 2 is 1.75 bits per heavy atom. The van der Waals surface area contributed by atoms with E-state index in [1.54, 1.807) is 21.3 Å². The van der Waals surface area contributed by atoms with Crippen molar-refractivity contribution in [3.8, 4) is 22.9 Å². The number of nitrogens with zero attached hydrogens (tertiary/aromatic N) is 2. The molecule has 0 aliphatic carbocycles. The fraction of sp³-hybridized carbons (Fsp3) is 0.250. The lowest BCUT2D eigenvalue weighted by Crippen LogP contribution is -2.21. The van der Waals surface area contributed by atoms with E-state index in [1.165, 1.54) is 0 Å². The van der Waals surface area contributed by atoms with Gasteiger partial charge in [-0.1, -0.05) is 18.2 Å². The van der Waals surface area contributed by atoms with E-state index in [0.29, 0.717) is 22.8 Å². The van der Waals surface area contributed by atoms with Gasteiger partial charge in [-0.2, -0.15) is 5.10 Å². The van der Waals surface area contributed by atoms with Crippen molar-refractivity contribution in [2.24, 2.45) is 0 Å². The average Bonchev–Trinajstić information content (AvgIpc) is 3.37. The van der Waals surface area contributed by atoms with Gasteiger partial charge in [-0.3, -0.25) is 0 Å². The topological polar surface area (TPSA) is 83.8 Å². The van der Waals surface area contributed by atoms with Crippen molar-refractivity contribution in [1.29, 1.82) is 0 Å². The van der Waals surface area contributed by atoms with Crippen LogP contribution in [0.15, 0.2) is 53.7 Å². The summed E-state index contributed by atoms with van der Waals surface area (Å²) in [6, 6.07) is 13.6. The standard InChI is InChI=1S/C24H23N3O5/c1-13-19-20(14-10-17(29-2)22(31-4)18(11-14)30-3)21-16(12-32-24(21)28)25-23(19)27(26-13)15-8-6-5-7-9-15/h5-11,20,25H,12H2,1-4H3/t20-/m1/s1. The highest BCUT2D eigenvalue weighted by Crippen LogP contribution is 2.49. The van der Waals surface area contributed by atoms with Gasteiger partial charge in [-0.25, -0.2) is 9.48 Å². The maximum atomic E-state index is 12.8. The normalized spacial score (nSPS) is 16.8. The second kappa shape index (κ2) is 7.64. The molecule has 0 fully saturated rings. The maximum Gasteiger partial charge on any atom is 0.337 e. The van der Waals surface area contributed by atoms with E-state index in [0.717, 1.165) is 34.0 Å². The van der Waals surface area contributed by atoms with Crippen molar-refractivity contribution in [2.75, 3.05) is 33.3 Å². The van der Waals surface area contributed by atoms with Crippen molar-refractivity contribution < 1.29 is 23.7 Å². The van der Waals surface area contributed by atoms with Crippen molar-refractivity contribution in [3.63, 3.8) is 0 Å². The first-order valence-electron chi connectivity index (χ1n) is 10.2. The summed E-state index contributed by atoms with van der Waals surface area (Å²) >= 11 is 0. The molecule has 3 aromatic rings. The number of ether oxygens (including phenoxy) is 4. The Hall–Kier alpha value is -3.94. The molecule has 1 aromatic heterocycles. The van der Waals surface area contributed by atoms with E-state index < -0.39 is 5.92 Å². The number of methoxy groups -OCH3 is 3. The summed E-state index contributed by atoms with van der Waals surface area (Å²) in [4.78, 5) is 12.8. The number of para-hydroxylation sites is 1. The third-order valence-corrected chi connectivity index (χ3v) is 5.87. The van der Waals surface area contributed by atoms with Crippen LogP contribution >= 0.6 is 0 Å². The number of benzene rings is 2. The lowest BCUT2D eigenvalue weighted by atomic mass is 9.81. The lowest BCUT2D eigenvalue weighted by molar-refractivity contribution is -0.136. The zero-order valence-corrected chi connectivity index (χ0v) is 18.3. The van der Waals surface area contributed by atoms with Gasteiger partial charge in [-0.05, 0) is 36.8 Å². The predicted octanol–water partition coefficient (Wildman–Crippen LogP) is 3.57.